The SMILES string of the molecule is Clc1ccc(OP(N2CCCCC2)N2CCCCC2)cc1. The molecule has 0 aromatic heterocycles. The second kappa shape index (κ2) is 7.78. The van der Waals surface area contributed by atoms with Crippen LogP contribution in [0.1, 0.15) is 38.5 Å². The van der Waals surface area contributed by atoms with Gasteiger partial charge in [0.1, 0.15) is 5.75 Å². The first-order valence-corrected chi connectivity index (χ1v) is 9.61. The highest BCUT2D eigenvalue weighted by atomic mass is 35.5. The van der Waals surface area contributed by atoms with E-state index in [2.05, 4.69) is 9.34 Å². The van der Waals surface area contributed by atoms with Crippen molar-refractivity contribution in [3.8, 4) is 5.75 Å². The van der Waals surface area contributed by atoms with Gasteiger partial charge in [0.25, 0.3) is 0 Å². The number of halogens is 1. The highest BCUT2D eigenvalue weighted by molar-refractivity contribution is 7.47. The minimum absolute atomic E-state index is 0.659. The van der Waals surface area contributed by atoms with E-state index >= 15 is 0 Å². The Bertz CT molecular complexity index is 412. The van der Waals surface area contributed by atoms with Crippen molar-refractivity contribution in [3.63, 3.8) is 0 Å². The maximum atomic E-state index is 6.41. The van der Waals surface area contributed by atoms with Crippen molar-refractivity contribution < 1.29 is 4.52 Å². The number of nitrogens with zero attached hydrogens (tertiary/aromatic N) is 2. The van der Waals surface area contributed by atoms with Crippen LogP contribution in [0.5, 0.6) is 5.75 Å². The topological polar surface area (TPSA) is 15.7 Å². The summed E-state index contributed by atoms with van der Waals surface area (Å²) in [5.41, 5.74) is 0. The molecule has 2 fully saturated rings. The second-order valence-corrected chi connectivity index (χ2v) is 8.08. The maximum Gasteiger partial charge on any atom is 0.248 e. The third-order valence-electron chi connectivity index (χ3n) is 4.15. The molecule has 0 bridgehead atoms. The van der Waals surface area contributed by atoms with Crippen LogP contribution in [0.2, 0.25) is 5.02 Å². The number of rotatable bonds is 4. The van der Waals surface area contributed by atoms with Crippen molar-refractivity contribution >= 4 is 20.1 Å². The molecule has 0 spiro atoms. The molecule has 2 aliphatic rings. The summed E-state index contributed by atoms with van der Waals surface area (Å²) < 4.78 is 11.5. The molecule has 0 N–H and O–H groups in total. The first-order chi connectivity index (χ1) is 10.3. The molecule has 116 valence electrons. The van der Waals surface area contributed by atoms with E-state index in [0.717, 1.165) is 10.8 Å². The van der Waals surface area contributed by atoms with Gasteiger partial charge in [-0.1, -0.05) is 24.4 Å². The molecule has 2 saturated heterocycles. The Morgan fingerprint density at radius 2 is 1.24 bits per heavy atom. The average molecular weight is 327 g/mol. The van der Waals surface area contributed by atoms with Gasteiger partial charge < -0.3 is 4.52 Å². The zero-order valence-electron chi connectivity index (χ0n) is 12.5. The molecule has 0 atom stereocenters. The van der Waals surface area contributed by atoms with Gasteiger partial charge in [-0.15, -0.1) is 0 Å². The first-order valence-electron chi connectivity index (χ1n) is 8.06. The zero-order chi connectivity index (χ0) is 14.5. The van der Waals surface area contributed by atoms with Crippen LogP contribution >= 0.6 is 20.1 Å². The van der Waals surface area contributed by atoms with Gasteiger partial charge in [0.2, 0.25) is 8.45 Å². The van der Waals surface area contributed by atoms with Crippen LogP contribution in [-0.4, -0.2) is 35.5 Å². The Hall–Kier alpha value is -0.340. The van der Waals surface area contributed by atoms with Crippen molar-refractivity contribution in [2.45, 2.75) is 38.5 Å². The first kappa shape index (κ1) is 15.6. The lowest BCUT2D eigenvalue weighted by Crippen LogP contribution is -2.36. The molecule has 0 radical (unpaired) electrons. The van der Waals surface area contributed by atoms with Gasteiger partial charge in [-0.3, -0.25) is 0 Å². The Kier molecular flexibility index (Phi) is 5.76. The van der Waals surface area contributed by atoms with Crippen LogP contribution in [0.25, 0.3) is 0 Å². The van der Waals surface area contributed by atoms with Gasteiger partial charge >= 0.3 is 0 Å². The van der Waals surface area contributed by atoms with Gasteiger partial charge in [-0.05, 0) is 49.9 Å². The van der Waals surface area contributed by atoms with Gasteiger partial charge in [-0.25, -0.2) is 9.34 Å². The van der Waals surface area contributed by atoms with Gasteiger partial charge in [0.15, 0.2) is 0 Å². The van der Waals surface area contributed by atoms with Gasteiger partial charge in [0.05, 0.1) is 0 Å². The van der Waals surface area contributed by atoms with E-state index in [1.54, 1.807) is 0 Å². The molecular weight excluding hydrogens is 303 g/mol. The van der Waals surface area contributed by atoms with E-state index in [1.807, 2.05) is 24.3 Å². The van der Waals surface area contributed by atoms with Crippen LogP contribution in [0.3, 0.4) is 0 Å². The van der Waals surface area contributed by atoms with Crippen molar-refractivity contribution in [2.24, 2.45) is 0 Å². The van der Waals surface area contributed by atoms with Crippen LogP contribution in [0.15, 0.2) is 24.3 Å². The smallest absolute Gasteiger partial charge is 0.248 e. The average Bonchev–Trinajstić information content (AvgIpc) is 2.56. The second-order valence-electron chi connectivity index (χ2n) is 5.83. The summed E-state index contributed by atoms with van der Waals surface area (Å²) in [6.07, 6.45) is 7.93. The van der Waals surface area contributed by atoms with E-state index in [1.165, 1.54) is 64.7 Å². The summed E-state index contributed by atoms with van der Waals surface area (Å²) in [7, 11) is -0.659. The lowest BCUT2D eigenvalue weighted by atomic mass is 10.2. The van der Waals surface area contributed by atoms with Crippen LogP contribution < -0.4 is 4.52 Å². The number of hydrogen-bond acceptors (Lipinski definition) is 3. The Labute approximate surface area is 134 Å². The Morgan fingerprint density at radius 1 is 0.762 bits per heavy atom. The summed E-state index contributed by atoms with van der Waals surface area (Å²) in [6, 6.07) is 7.81. The minimum atomic E-state index is -0.659. The maximum absolute atomic E-state index is 6.41. The fourth-order valence-corrected chi connectivity index (χ4v) is 5.26. The summed E-state index contributed by atoms with van der Waals surface area (Å²) in [5.74, 6) is 0.946. The summed E-state index contributed by atoms with van der Waals surface area (Å²) in [5, 5.41) is 0.766. The highest BCUT2D eigenvalue weighted by Crippen LogP contribution is 2.48. The molecule has 21 heavy (non-hydrogen) atoms. The molecule has 0 saturated carbocycles. The lowest BCUT2D eigenvalue weighted by molar-refractivity contribution is 0.276. The molecule has 2 heterocycles. The van der Waals surface area contributed by atoms with E-state index in [9.17, 15) is 0 Å². The molecule has 3 nitrogen and oxygen atoms in total. The Morgan fingerprint density at radius 3 is 1.71 bits per heavy atom. The van der Waals surface area contributed by atoms with Crippen molar-refractivity contribution in [2.75, 3.05) is 26.2 Å². The van der Waals surface area contributed by atoms with E-state index in [-0.39, 0.29) is 0 Å². The van der Waals surface area contributed by atoms with E-state index < -0.39 is 8.45 Å². The quantitative estimate of drug-likeness (QED) is 0.731. The van der Waals surface area contributed by atoms with Crippen LogP contribution in [-0.2, 0) is 0 Å². The van der Waals surface area contributed by atoms with Crippen molar-refractivity contribution in [3.05, 3.63) is 29.3 Å². The van der Waals surface area contributed by atoms with Crippen molar-refractivity contribution in [1.29, 1.82) is 0 Å². The van der Waals surface area contributed by atoms with Gasteiger partial charge in [-0.2, -0.15) is 0 Å². The molecule has 1 aromatic carbocycles. The largest absolute Gasteiger partial charge is 0.444 e. The fraction of sp³-hybridized carbons (Fsp3) is 0.625. The van der Waals surface area contributed by atoms with Gasteiger partial charge in [0, 0.05) is 31.2 Å². The number of hydrogen-bond donors (Lipinski definition) is 0. The van der Waals surface area contributed by atoms with Crippen LogP contribution in [0, 0.1) is 0 Å². The third kappa shape index (κ3) is 4.32. The third-order valence-corrected chi connectivity index (χ3v) is 6.54. The van der Waals surface area contributed by atoms with E-state index in [4.69, 9.17) is 16.1 Å². The molecule has 1 aromatic rings. The fourth-order valence-electron chi connectivity index (χ4n) is 2.98. The zero-order valence-corrected chi connectivity index (χ0v) is 14.2. The minimum Gasteiger partial charge on any atom is -0.444 e. The number of benzene rings is 1. The molecule has 2 aliphatic heterocycles. The van der Waals surface area contributed by atoms with Crippen molar-refractivity contribution in [1.82, 2.24) is 9.34 Å². The predicted molar refractivity (Wildman–Crippen MR) is 89.8 cm³/mol. The summed E-state index contributed by atoms with van der Waals surface area (Å²) in [4.78, 5) is 0. The molecule has 0 amide bonds. The monoisotopic (exact) mass is 326 g/mol. The normalized spacial score (nSPS) is 21.6. The lowest BCUT2D eigenvalue weighted by Gasteiger charge is -2.40. The molecule has 0 aliphatic carbocycles. The molecule has 5 heteroatoms. The van der Waals surface area contributed by atoms with Crippen LogP contribution in [0.4, 0.5) is 0 Å². The highest BCUT2D eigenvalue weighted by Gasteiger charge is 2.30. The van der Waals surface area contributed by atoms with E-state index in [0.29, 0.717) is 0 Å². The number of piperidine rings is 2. The summed E-state index contributed by atoms with van der Waals surface area (Å²) in [6.45, 7) is 4.71. The molecular formula is C16H24ClN2OP. The predicted octanol–water partition coefficient (Wildman–Crippen LogP) is 4.92. The Balaban J connectivity index is 1.72. The molecule has 0 unspecified atom stereocenters. The molecule has 3 rings (SSSR count). The standard InChI is InChI=1S/C16H24ClN2OP/c17-15-7-9-16(10-8-15)20-21(18-11-3-1-4-12-18)19-13-5-2-6-14-19/h7-10H,1-6,11-14H2. The summed E-state index contributed by atoms with van der Waals surface area (Å²) >= 11 is 5.97.